The van der Waals surface area contributed by atoms with Gasteiger partial charge in [-0.2, -0.15) is 0 Å². The highest BCUT2D eigenvalue weighted by Crippen LogP contribution is 2.29. The summed E-state index contributed by atoms with van der Waals surface area (Å²) >= 11 is 5.82. The van der Waals surface area contributed by atoms with Gasteiger partial charge in [0.1, 0.15) is 11.6 Å². The van der Waals surface area contributed by atoms with Crippen molar-refractivity contribution in [2.24, 2.45) is 7.05 Å². The van der Waals surface area contributed by atoms with Crippen molar-refractivity contribution in [3.05, 3.63) is 47.5 Å². The minimum Gasteiger partial charge on any atom is -0.316 e. The molecule has 0 saturated heterocycles. The Morgan fingerprint density at radius 1 is 1.18 bits per heavy atom. The molecule has 0 amide bonds. The van der Waals surface area contributed by atoms with Crippen molar-refractivity contribution in [3.8, 4) is 0 Å². The van der Waals surface area contributed by atoms with Crippen LogP contribution in [0.25, 0.3) is 0 Å². The van der Waals surface area contributed by atoms with E-state index in [1.54, 1.807) is 0 Å². The lowest BCUT2D eigenvalue weighted by atomic mass is 9.84. The average molecular weight is 250 g/mol. The molecule has 1 heterocycles. The highest BCUT2D eigenvalue weighted by molar-refractivity contribution is 6.16. The number of hydrogen-bond donors (Lipinski definition) is 0. The SMILES string of the molecule is Cn1c(CCl)nnc1C(C)(C)c1ccccc1. The minimum absolute atomic E-state index is 0.173. The molecule has 0 N–H and O–H groups in total. The number of nitrogens with zero attached hydrogens (tertiary/aromatic N) is 3. The summed E-state index contributed by atoms with van der Waals surface area (Å²) < 4.78 is 1.97. The number of hydrogen-bond acceptors (Lipinski definition) is 2. The lowest BCUT2D eigenvalue weighted by Crippen LogP contribution is -2.23. The van der Waals surface area contributed by atoms with Crippen LogP contribution in [0.4, 0.5) is 0 Å². The van der Waals surface area contributed by atoms with Gasteiger partial charge in [-0.05, 0) is 19.4 Å². The smallest absolute Gasteiger partial charge is 0.147 e. The fraction of sp³-hybridized carbons (Fsp3) is 0.385. The number of benzene rings is 1. The van der Waals surface area contributed by atoms with Gasteiger partial charge in [-0.15, -0.1) is 21.8 Å². The van der Waals surface area contributed by atoms with Gasteiger partial charge >= 0.3 is 0 Å². The van der Waals surface area contributed by atoms with Crippen LogP contribution in [0.1, 0.15) is 31.1 Å². The number of aromatic nitrogens is 3. The average Bonchev–Trinajstić information content (AvgIpc) is 2.72. The van der Waals surface area contributed by atoms with Crippen LogP contribution in [0, 0.1) is 0 Å². The quantitative estimate of drug-likeness (QED) is 0.784. The van der Waals surface area contributed by atoms with Gasteiger partial charge in [-0.1, -0.05) is 30.3 Å². The van der Waals surface area contributed by atoms with Gasteiger partial charge in [0.25, 0.3) is 0 Å². The Hall–Kier alpha value is -1.35. The van der Waals surface area contributed by atoms with Gasteiger partial charge in [0.05, 0.1) is 5.88 Å². The van der Waals surface area contributed by atoms with Gasteiger partial charge < -0.3 is 4.57 Å². The maximum atomic E-state index is 5.82. The molecule has 4 heteroatoms. The van der Waals surface area contributed by atoms with Crippen LogP contribution >= 0.6 is 11.6 Å². The topological polar surface area (TPSA) is 30.7 Å². The first kappa shape index (κ1) is 12.1. The predicted octanol–water partition coefficient (Wildman–Crippen LogP) is 2.88. The van der Waals surface area contributed by atoms with Gasteiger partial charge in [-0.25, -0.2) is 0 Å². The zero-order valence-electron chi connectivity index (χ0n) is 10.3. The second-order valence-corrected chi connectivity index (χ2v) is 4.89. The van der Waals surface area contributed by atoms with Crippen molar-refractivity contribution in [2.75, 3.05) is 0 Å². The van der Waals surface area contributed by atoms with Crippen molar-refractivity contribution in [1.82, 2.24) is 14.8 Å². The van der Waals surface area contributed by atoms with E-state index in [4.69, 9.17) is 11.6 Å². The summed E-state index contributed by atoms with van der Waals surface area (Å²) in [5, 5.41) is 8.37. The minimum atomic E-state index is -0.173. The monoisotopic (exact) mass is 249 g/mol. The molecule has 2 rings (SSSR count). The molecular weight excluding hydrogens is 234 g/mol. The lowest BCUT2D eigenvalue weighted by molar-refractivity contribution is 0.557. The summed E-state index contributed by atoms with van der Waals surface area (Å²) in [7, 11) is 1.96. The second-order valence-electron chi connectivity index (χ2n) is 4.62. The molecule has 0 fully saturated rings. The molecule has 0 radical (unpaired) electrons. The van der Waals surface area contributed by atoms with E-state index in [1.165, 1.54) is 5.56 Å². The normalized spacial score (nSPS) is 11.8. The Kier molecular flexibility index (Phi) is 3.20. The summed E-state index contributed by atoms with van der Waals surface area (Å²) in [6.07, 6.45) is 0. The van der Waals surface area contributed by atoms with Crippen LogP contribution in [-0.4, -0.2) is 14.8 Å². The van der Waals surface area contributed by atoms with E-state index in [2.05, 4.69) is 36.2 Å². The lowest BCUT2D eigenvalue weighted by Gasteiger charge is -2.24. The molecular formula is C13H16ClN3. The van der Waals surface area contributed by atoms with Crippen molar-refractivity contribution < 1.29 is 0 Å². The van der Waals surface area contributed by atoms with Crippen LogP contribution in [0.3, 0.4) is 0 Å². The summed E-state index contributed by atoms with van der Waals surface area (Å²) in [4.78, 5) is 0. The van der Waals surface area contributed by atoms with Gasteiger partial charge in [0, 0.05) is 12.5 Å². The first-order chi connectivity index (χ1) is 8.07. The van der Waals surface area contributed by atoms with E-state index in [0.717, 1.165) is 11.6 Å². The van der Waals surface area contributed by atoms with Gasteiger partial charge in [-0.3, -0.25) is 0 Å². The summed E-state index contributed by atoms with van der Waals surface area (Å²) in [5.74, 6) is 2.11. The second kappa shape index (κ2) is 4.49. The van der Waals surface area contributed by atoms with Gasteiger partial charge in [0.2, 0.25) is 0 Å². The third-order valence-corrected chi connectivity index (χ3v) is 3.38. The molecule has 17 heavy (non-hydrogen) atoms. The summed E-state index contributed by atoms with van der Waals surface area (Å²) in [5.41, 5.74) is 1.05. The number of alkyl halides is 1. The van der Waals surface area contributed by atoms with Crippen molar-refractivity contribution in [2.45, 2.75) is 25.1 Å². The Labute approximate surface area is 106 Å². The Balaban J connectivity index is 2.48. The molecule has 0 saturated carbocycles. The molecule has 0 bridgehead atoms. The van der Waals surface area contributed by atoms with Crippen LogP contribution in [-0.2, 0) is 18.3 Å². The third-order valence-electron chi connectivity index (χ3n) is 3.14. The van der Waals surface area contributed by atoms with Crippen LogP contribution in [0.15, 0.2) is 30.3 Å². The molecule has 1 aromatic carbocycles. The predicted molar refractivity (Wildman–Crippen MR) is 69.1 cm³/mol. The fourth-order valence-corrected chi connectivity index (χ4v) is 2.24. The molecule has 3 nitrogen and oxygen atoms in total. The van der Waals surface area contributed by atoms with Crippen LogP contribution in [0.5, 0.6) is 0 Å². The zero-order chi connectivity index (χ0) is 12.5. The van der Waals surface area contributed by atoms with Crippen LogP contribution in [0.2, 0.25) is 0 Å². The highest BCUT2D eigenvalue weighted by atomic mass is 35.5. The molecule has 1 aromatic heterocycles. The van der Waals surface area contributed by atoms with E-state index in [9.17, 15) is 0 Å². The van der Waals surface area contributed by atoms with Gasteiger partial charge in [0.15, 0.2) is 0 Å². The Morgan fingerprint density at radius 3 is 2.35 bits per heavy atom. The third kappa shape index (κ3) is 2.07. The molecule has 0 unspecified atom stereocenters. The van der Waals surface area contributed by atoms with E-state index < -0.39 is 0 Å². The molecule has 0 aliphatic carbocycles. The molecule has 2 aromatic rings. The van der Waals surface area contributed by atoms with Crippen molar-refractivity contribution >= 4 is 11.6 Å². The molecule has 0 aliphatic heterocycles. The first-order valence-electron chi connectivity index (χ1n) is 5.57. The van der Waals surface area contributed by atoms with Crippen LogP contribution < -0.4 is 0 Å². The molecule has 0 spiro atoms. The fourth-order valence-electron chi connectivity index (χ4n) is 2.01. The standard InChI is InChI=1S/C13H16ClN3/c1-13(2,10-7-5-4-6-8-10)12-16-15-11(9-14)17(12)3/h4-8H,9H2,1-3H3. The van der Waals surface area contributed by atoms with Crippen molar-refractivity contribution in [3.63, 3.8) is 0 Å². The number of halogens is 1. The maximum Gasteiger partial charge on any atom is 0.147 e. The molecule has 0 atom stereocenters. The molecule has 0 aliphatic rings. The summed E-state index contributed by atoms with van der Waals surface area (Å²) in [6, 6.07) is 10.3. The largest absolute Gasteiger partial charge is 0.316 e. The first-order valence-corrected chi connectivity index (χ1v) is 6.11. The summed E-state index contributed by atoms with van der Waals surface area (Å²) in [6.45, 7) is 4.29. The van der Waals surface area contributed by atoms with E-state index in [1.807, 2.05) is 29.8 Å². The zero-order valence-corrected chi connectivity index (χ0v) is 11.1. The Morgan fingerprint density at radius 2 is 1.82 bits per heavy atom. The van der Waals surface area contributed by atoms with E-state index in [0.29, 0.717) is 5.88 Å². The maximum absolute atomic E-state index is 5.82. The molecule has 90 valence electrons. The highest BCUT2D eigenvalue weighted by Gasteiger charge is 2.28. The van der Waals surface area contributed by atoms with Crippen molar-refractivity contribution in [1.29, 1.82) is 0 Å². The Bertz CT molecular complexity index is 503. The van der Waals surface area contributed by atoms with E-state index in [-0.39, 0.29) is 5.41 Å². The van der Waals surface area contributed by atoms with E-state index >= 15 is 0 Å². The number of rotatable bonds is 3.